The summed E-state index contributed by atoms with van der Waals surface area (Å²) in [7, 11) is 1.80. The maximum Gasteiger partial charge on any atom is 0.237 e. The number of nitrogens with zero attached hydrogens (tertiary/aromatic N) is 1. The Labute approximate surface area is 118 Å². The van der Waals surface area contributed by atoms with Crippen molar-refractivity contribution >= 4 is 17.5 Å². The number of hydrogen-bond acceptors (Lipinski definition) is 3. The maximum absolute atomic E-state index is 12.1. The molecule has 2 unspecified atom stereocenters. The Morgan fingerprint density at radius 3 is 2.85 bits per heavy atom. The van der Waals surface area contributed by atoms with E-state index in [1.54, 1.807) is 11.9 Å². The molecule has 2 aliphatic rings. The monoisotopic (exact) mass is 273 g/mol. The molecule has 2 aliphatic heterocycles. The van der Waals surface area contributed by atoms with Gasteiger partial charge in [-0.25, -0.2) is 0 Å². The predicted molar refractivity (Wildman–Crippen MR) is 76.4 cm³/mol. The average Bonchev–Trinajstić information content (AvgIpc) is 2.47. The predicted octanol–water partition coefficient (Wildman–Crippen LogP) is 0.962. The highest BCUT2D eigenvalue weighted by Gasteiger charge is 2.32. The molecule has 1 fully saturated rings. The summed E-state index contributed by atoms with van der Waals surface area (Å²) >= 11 is 0. The number of benzene rings is 1. The van der Waals surface area contributed by atoms with Gasteiger partial charge in [0.1, 0.15) is 0 Å². The normalized spacial score (nSPS) is 26.1. The van der Waals surface area contributed by atoms with Crippen LogP contribution in [0.25, 0.3) is 0 Å². The van der Waals surface area contributed by atoms with Gasteiger partial charge in [0.25, 0.3) is 0 Å². The van der Waals surface area contributed by atoms with E-state index in [1.165, 1.54) is 0 Å². The number of rotatable bonds is 2. The van der Waals surface area contributed by atoms with Crippen LogP contribution in [0.5, 0.6) is 0 Å². The van der Waals surface area contributed by atoms with Crippen LogP contribution in [0.15, 0.2) is 24.3 Å². The molecule has 1 saturated heterocycles. The first-order chi connectivity index (χ1) is 9.66. The third-order valence-electron chi connectivity index (χ3n) is 4.11. The van der Waals surface area contributed by atoms with Crippen molar-refractivity contribution < 1.29 is 9.59 Å². The van der Waals surface area contributed by atoms with E-state index in [0.29, 0.717) is 6.42 Å². The Bertz CT molecular complexity index is 544. The standard InChI is InChI=1S/C15H19N3O2/c1-18-13-7-3-2-5-10(13)12(9-14(18)19)17-11-6-4-8-16-15(11)20/h2-3,5,7,11-12,17H,4,6,8-9H2,1H3,(H,16,20). The molecular formula is C15H19N3O2. The molecule has 0 aromatic heterocycles. The van der Waals surface area contributed by atoms with Crippen LogP contribution in [-0.2, 0) is 9.59 Å². The maximum atomic E-state index is 12.1. The van der Waals surface area contributed by atoms with Crippen molar-refractivity contribution in [2.75, 3.05) is 18.5 Å². The van der Waals surface area contributed by atoms with Crippen LogP contribution in [0.4, 0.5) is 5.69 Å². The lowest BCUT2D eigenvalue weighted by atomic mass is 9.94. The van der Waals surface area contributed by atoms with Crippen molar-refractivity contribution in [1.82, 2.24) is 10.6 Å². The Balaban J connectivity index is 1.85. The van der Waals surface area contributed by atoms with E-state index in [4.69, 9.17) is 0 Å². The minimum absolute atomic E-state index is 0.0418. The van der Waals surface area contributed by atoms with Gasteiger partial charge >= 0.3 is 0 Å². The molecule has 2 amide bonds. The molecule has 106 valence electrons. The molecule has 5 nitrogen and oxygen atoms in total. The highest BCUT2D eigenvalue weighted by Crippen LogP contribution is 2.33. The molecule has 0 bridgehead atoms. The number of anilines is 1. The van der Waals surface area contributed by atoms with E-state index in [1.807, 2.05) is 24.3 Å². The Morgan fingerprint density at radius 1 is 1.25 bits per heavy atom. The highest BCUT2D eigenvalue weighted by molar-refractivity contribution is 5.96. The van der Waals surface area contributed by atoms with Crippen molar-refractivity contribution in [1.29, 1.82) is 0 Å². The second kappa shape index (κ2) is 5.25. The summed E-state index contributed by atoms with van der Waals surface area (Å²) < 4.78 is 0. The number of amides is 2. The lowest BCUT2D eigenvalue weighted by molar-refractivity contribution is -0.125. The quantitative estimate of drug-likeness (QED) is 0.844. The summed E-state index contributed by atoms with van der Waals surface area (Å²) in [6.45, 7) is 0.750. The molecule has 20 heavy (non-hydrogen) atoms. The van der Waals surface area contributed by atoms with Crippen molar-refractivity contribution in [2.45, 2.75) is 31.3 Å². The molecule has 0 saturated carbocycles. The van der Waals surface area contributed by atoms with Gasteiger partial charge in [-0.3, -0.25) is 14.9 Å². The first kappa shape index (κ1) is 13.1. The fourth-order valence-corrected chi connectivity index (χ4v) is 2.97. The molecule has 3 rings (SSSR count). The van der Waals surface area contributed by atoms with E-state index in [9.17, 15) is 9.59 Å². The van der Waals surface area contributed by atoms with Crippen LogP contribution in [-0.4, -0.2) is 31.4 Å². The molecule has 1 aromatic carbocycles. The first-order valence-corrected chi connectivity index (χ1v) is 7.06. The molecule has 2 heterocycles. The van der Waals surface area contributed by atoms with Crippen LogP contribution < -0.4 is 15.5 Å². The van der Waals surface area contributed by atoms with Crippen molar-refractivity contribution in [3.63, 3.8) is 0 Å². The van der Waals surface area contributed by atoms with Gasteiger partial charge in [-0.05, 0) is 24.5 Å². The lowest BCUT2D eigenvalue weighted by Gasteiger charge is -2.35. The Morgan fingerprint density at radius 2 is 2.05 bits per heavy atom. The Kier molecular flexibility index (Phi) is 3.44. The van der Waals surface area contributed by atoms with Crippen LogP contribution in [0.2, 0.25) is 0 Å². The zero-order valence-corrected chi connectivity index (χ0v) is 11.6. The minimum Gasteiger partial charge on any atom is -0.355 e. The van der Waals surface area contributed by atoms with Gasteiger partial charge in [-0.15, -0.1) is 0 Å². The number of carbonyl (C=O) groups excluding carboxylic acids is 2. The zero-order valence-electron chi connectivity index (χ0n) is 11.6. The molecule has 0 radical (unpaired) electrons. The smallest absolute Gasteiger partial charge is 0.237 e. The molecule has 5 heteroatoms. The molecule has 0 spiro atoms. The summed E-state index contributed by atoms with van der Waals surface area (Å²) in [6.07, 6.45) is 2.21. The van der Waals surface area contributed by atoms with Crippen molar-refractivity contribution in [2.24, 2.45) is 0 Å². The minimum atomic E-state index is -0.196. The average molecular weight is 273 g/mol. The number of nitrogens with one attached hydrogen (secondary N) is 2. The van der Waals surface area contributed by atoms with Crippen LogP contribution in [0, 0.1) is 0 Å². The molecule has 1 aromatic rings. The van der Waals surface area contributed by atoms with Gasteiger partial charge in [0.05, 0.1) is 6.04 Å². The number of para-hydroxylation sites is 1. The summed E-state index contributed by atoms with van der Waals surface area (Å²) in [6, 6.07) is 7.59. The molecular weight excluding hydrogens is 254 g/mol. The second-order valence-electron chi connectivity index (χ2n) is 5.42. The van der Waals surface area contributed by atoms with Crippen LogP contribution in [0.3, 0.4) is 0 Å². The molecule has 0 aliphatic carbocycles. The fraction of sp³-hybridized carbons (Fsp3) is 0.467. The molecule has 2 N–H and O–H groups in total. The van der Waals surface area contributed by atoms with Crippen LogP contribution in [0.1, 0.15) is 30.9 Å². The summed E-state index contributed by atoms with van der Waals surface area (Å²) in [5.74, 6) is 0.123. The third-order valence-corrected chi connectivity index (χ3v) is 4.11. The number of hydrogen-bond donors (Lipinski definition) is 2. The summed E-state index contributed by atoms with van der Waals surface area (Å²) in [5, 5.41) is 6.22. The lowest BCUT2D eigenvalue weighted by Crippen LogP contribution is -2.51. The number of fused-ring (bicyclic) bond motifs is 1. The van der Waals surface area contributed by atoms with Gasteiger partial charge in [-0.1, -0.05) is 18.2 Å². The summed E-state index contributed by atoms with van der Waals surface area (Å²) in [5.41, 5.74) is 2.02. The number of carbonyl (C=O) groups is 2. The van der Waals surface area contributed by atoms with Crippen molar-refractivity contribution in [3.05, 3.63) is 29.8 Å². The Hall–Kier alpha value is -1.88. The highest BCUT2D eigenvalue weighted by atomic mass is 16.2. The first-order valence-electron chi connectivity index (χ1n) is 7.06. The van der Waals surface area contributed by atoms with E-state index < -0.39 is 0 Å². The van der Waals surface area contributed by atoms with E-state index in [2.05, 4.69) is 10.6 Å². The summed E-state index contributed by atoms with van der Waals surface area (Å²) in [4.78, 5) is 25.6. The van der Waals surface area contributed by atoms with Gasteiger partial charge < -0.3 is 10.2 Å². The molecule has 2 atom stereocenters. The largest absolute Gasteiger partial charge is 0.355 e. The van der Waals surface area contributed by atoms with E-state index in [-0.39, 0.29) is 23.9 Å². The van der Waals surface area contributed by atoms with Gasteiger partial charge in [0.2, 0.25) is 11.8 Å². The topological polar surface area (TPSA) is 61.4 Å². The van der Waals surface area contributed by atoms with E-state index in [0.717, 1.165) is 30.6 Å². The second-order valence-corrected chi connectivity index (χ2v) is 5.42. The van der Waals surface area contributed by atoms with Gasteiger partial charge in [0, 0.05) is 31.7 Å². The SMILES string of the molecule is CN1C(=O)CC(NC2CCCNC2=O)c2ccccc21. The zero-order chi connectivity index (χ0) is 14.1. The van der Waals surface area contributed by atoms with Crippen molar-refractivity contribution in [3.8, 4) is 0 Å². The van der Waals surface area contributed by atoms with Gasteiger partial charge in [-0.2, -0.15) is 0 Å². The third kappa shape index (κ3) is 2.29. The fourth-order valence-electron chi connectivity index (χ4n) is 2.97. The van der Waals surface area contributed by atoms with E-state index >= 15 is 0 Å². The number of piperidine rings is 1. The van der Waals surface area contributed by atoms with Crippen LogP contribution >= 0.6 is 0 Å². The van der Waals surface area contributed by atoms with Gasteiger partial charge in [0.15, 0.2) is 0 Å².